The van der Waals surface area contributed by atoms with Gasteiger partial charge in [0.25, 0.3) is 0 Å². The summed E-state index contributed by atoms with van der Waals surface area (Å²) < 4.78 is 12.9. The topological polar surface area (TPSA) is 59.2 Å². The van der Waals surface area contributed by atoms with E-state index in [1.807, 2.05) is 6.07 Å². The minimum atomic E-state index is -0.571. The van der Waals surface area contributed by atoms with Crippen LogP contribution >= 0.6 is 0 Å². The second kappa shape index (κ2) is 5.02. The van der Waals surface area contributed by atoms with Crippen LogP contribution in [0.2, 0.25) is 0 Å². The zero-order chi connectivity index (χ0) is 14.1. The number of amides is 1. The van der Waals surface area contributed by atoms with Gasteiger partial charge in [0.05, 0.1) is 24.0 Å². The van der Waals surface area contributed by atoms with Crippen molar-refractivity contribution in [2.24, 2.45) is 5.73 Å². The van der Waals surface area contributed by atoms with Crippen molar-refractivity contribution in [1.82, 2.24) is 4.98 Å². The number of hydrogen-bond acceptors (Lipinski definition) is 3. The van der Waals surface area contributed by atoms with Crippen LogP contribution in [0.1, 0.15) is 11.3 Å². The Morgan fingerprint density at radius 3 is 2.80 bits per heavy atom. The molecule has 0 bridgehead atoms. The summed E-state index contributed by atoms with van der Waals surface area (Å²) in [5.41, 5.74) is 8.32. The Morgan fingerprint density at radius 2 is 2.05 bits per heavy atom. The molecule has 1 amide bonds. The van der Waals surface area contributed by atoms with Crippen molar-refractivity contribution in [2.75, 3.05) is 4.90 Å². The third-order valence-corrected chi connectivity index (χ3v) is 3.41. The zero-order valence-corrected chi connectivity index (χ0v) is 10.8. The van der Waals surface area contributed by atoms with Gasteiger partial charge in [0.15, 0.2) is 0 Å². The highest BCUT2D eigenvalue weighted by atomic mass is 19.1. The Labute approximate surface area is 116 Å². The summed E-state index contributed by atoms with van der Waals surface area (Å²) >= 11 is 0. The van der Waals surface area contributed by atoms with Gasteiger partial charge in [-0.25, -0.2) is 4.39 Å². The van der Waals surface area contributed by atoms with Gasteiger partial charge in [0, 0.05) is 12.6 Å². The van der Waals surface area contributed by atoms with Gasteiger partial charge in [-0.2, -0.15) is 0 Å². The van der Waals surface area contributed by atoms with E-state index in [2.05, 4.69) is 4.98 Å². The standard InChI is InChI=1S/C15H14FN3O/c16-11-5-3-10(4-6-11)9-19-14-2-1-7-18-13(14)8-12(17)15(19)20/h1-7,12H,8-9,17H2. The fourth-order valence-electron chi connectivity index (χ4n) is 2.38. The van der Waals surface area contributed by atoms with E-state index >= 15 is 0 Å². The first-order chi connectivity index (χ1) is 9.65. The first-order valence-electron chi connectivity index (χ1n) is 6.40. The molecule has 4 nitrogen and oxygen atoms in total. The van der Waals surface area contributed by atoms with Gasteiger partial charge in [-0.05, 0) is 29.8 Å². The Hall–Kier alpha value is -2.27. The number of rotatable bonds is 2. The SMILES string of the molecule is NC1Cc2ncccc2N(Cc2ccc(F)cc2)C1=O. The normalized spacial score (nSPS) is 18.0. The summed E-state index contributed by atoms with van der Waals surface area (Å²) in [5.74, 6) is -0.424. The van der Waals surface area contributed by atoms with Crippen molar-refractivity contribution in [1.29, 1.82) is 0 Å². The molecule has 2 N–H and O–H groups in total. The largest absolute Gasteiger partial charge is 0.320 e. The third kappa shape index (κ3) is 2.28. The highest BCUT2D eigenvalue weighted by Gasteiger charge is 2.30. The summed E-state index contributed by atoms with van der Waals surface area (Å²) in [5, 5.41) is 0. The van der Waals surface area contributed by atoms with Gasteiger partial charge in [0.1, 0.15) is 5.82 Å². The van der Waals surface area contributed by atoms with Crippen molar-refractivity contribution >= 4 is 11.6 Å². The van der Waals surface area contributed by atoms with E-state index in [9.17, 15) is 9.18 Å². The van der Waals surface area contributed by atoms with Crippen molar-refractivity contribution < 1.29 is 9.18 Å². The molecule has 20 heavy (non-hydrogen) atoms. The van der Waals surface area contributed by atoms with E-state index in [0.29, 0.717) is 13.0 Å². The molecule has 102 valence electrons. The molecule has 0 spiro atoms. The second-order valence-electron chi connectivity index (χ2n) is 4.83. The van der Waals surface area contributed by atoms with E-state index in [-0.39, 0.29) is 11.7 Å². The molecule has 1 aromatic heterocycles. The van der Waals surface area contributed by atoms with E-state index < -0.39 is 6.04 Å². The molecule has 0 fully saturated rings. The maximum atomic E-state index is 12.9. The number of benzene rings is 1. The fraction of sp³-hybridized carbons (Fsp3) is 0.200. The molecule has 0 saturated carbocycles. The predicted octanol–water partition coefficient (Wildman–Crippen LogP) is 1.64. The lowest BCUT2D eigenvalue weighted by Gasteiger charge is -2.31. The van der Waals surface area contributed by atoms with Gasteiger partial charge in [-0.3, -0.25) is 9.78 Å². The van der Waals surface area contributed by atoms with E-state index in [4.69, 9.17) is 5.73 Å². The predicted molar refractivity (Wildman–Crippen MR) is 73.5 cm³/mol. The lowest BCUT2D eigenvalue weighted by molar-refractivity contribution is -0.120. The van der Waals surface area contributed by atoms with Crippen LogP contribution in [0.25, 0.3) is 0 Å². The number of pyridine rings is 1. The molecule has 5 heteroatoms. The number of nitrogens with two attached hydrogens (primary N) is 1. The van der Waals surface area contributed by atoms with Crippen molar-refractivity contribution in [3.05, 3.63) is 59.7 Å². The van der Waals surface area contributed by atoms with Gasteiger partial charge >= 0.3 is 0 Å². The van der Waals surface area contributed by atoms with Crippen LogP contribution in [0.4, 0.5) is 10.1 Å². The van der Waals surface area contributed by atoms with Crippen LogP contribution < -0.4 is 10.6 Å². The van der Waals surface area contributed by atoms with Crippen molar-refractivity contribution in [3.8, 4) is 0 Å². The summed E-state index contributed by atoms with van der Waals surface area (Å²) in [6.07, 6.45) is 2.15. The number of carbonyl (C=O) groups excluding carboxylic acids is 1. The molecule has 0 saturated heterocycles. The zero-order valence-electron chi connectivity index (χ0n) is 10.8. The molecule has 2 heterocycles. The van der Waals surface area contributed by atoms with Gasteiger partial charge in [-0.1, -0.05) is 12.1 Å². The van der Waals surface area contributed by atoms with Crippen molar-refractivity contribution in [2.45, 2.75) is 19.0 Å². The molecular weight excluding hydrogens is 257 g/mol. The van der Waals surface area contributed by atoms with Crippen molar-refractivity contribution in [3.63, 3.8) is 0 Å². The van der Waals surface area contributed by atoms with E-state index in [1.165, 1.54) is 12.1 Å². The van der Waals surface area contributed by atoms with Crippen LogP contribution in [-0.4, -0.2) is 16.9 Å². The summed E-state index contributed by atoms with van der Waals surface area (Å²) in [7, 11) is 0. The molecule has 1 aromatic carbocycles. The first-order valence-corrected chi connectivity index (χ1v) is 6.40. The Kier molecular flexibility index (Phi) is 3.20. The maximum Gasteiger partial charge on any atom is 0.244 e. The number of aromatic nitrogens is 1. The fourth-order valence-corrected chi connectivity index (χ4v) is 2.38. The minimum Gasteiger partial charge on any atom is -0.320 e. The Morgan fingerprint density at radius 1 is 1.30 bits per heavy atom. The third-order valence-electron chi connectivity index (χ3n) is 3.41. The molecule has 0 aliphatic carbocycles. The number of anilines is 1. The summed E-state index contributed by atoms with van der Waals surface area (Å²) in [6, 6.07) is 9.17. The number of carbonyl (C=O) groups is 1. The molecule has 1 aliphatic rings. The maximum absolute atomic E-state index is 12.9. The number of hydrogen-bond donors (Lipinski definition) is 1. The molecule has 1 unspecified atom stereocenters. The van der Waals surface area contributed by atoms with Crippen LogP contribution in [-0.2, 0) is 17.8 Å². The van der Waals surface area contributed by atoms with Crippen LogP contribution in [0.5, 0.6) is 0 Å². The molecule has 0 radical (unpaired) electrons. The minimum absolute atomic E-state index is 0.130. The highest BCUT2D eigenvalue weighted by molar-refractivity contribution is 5.99. The molecule has 1 atom stereocenters. The Balaban J connectivity index is 1.95. The van der Waals surface area contributed by atoms with E-state index in [0.717, 1.165) is 16.9 Å². The molecule has 1 aliphatic heterocycles. The average Bonchev–Trinajstić information content (AvgIpc) is 2.46. The first kappa shape index (κ1) is 12.7. The lowest BCUT2D eigenvalue weighted by atomic mass is 10.0. The number of fused-ring (bicyclic) bond motifs is 1. The number of halogens is 1. The average molecular weight is 271 g/mol. The van der Waals surface area contributed by atoms with Crippen LogP contribution in [0.3, 0.4) is 0 Å². The quantitative estimate of drug-likeness (QED) is 0.903. The molecule has 2 aromatic rings. The van der Waals surface area contributed by atoms with Gasteiger partial charge in [-0.15, -0.1) is 0 Å². The lowest BCUT2D eigenvalue weighted by Crippen LogP contribution is -2.48. The summed E-state index contributed by atoms with van der Waals surface area (Å²) in [6.45, 7) is 0.367. The molecular formula is C15H14FN3O. The summed E-state index contributed by atoms with van der Waals surface area (Å²) in [4.78, 5) is 18.1. The van der Waals surface area contributed by atoms with Crippen LogP contribution in [0, 0.1) is 5.82 Å². The molecule has 3 rings (SSSR count). The monoisotopic (exact) mass is 271 g/mol. The Bertz CT molecular complexity index is 642. The smallest absolute Gasteiger partial charge is 0.244 e. The highest BCUT2D eigenvalue weighted by Crippen LogP contribution is 2.27. The second-order valence-corrected chi connectivity index (χ2v) is 4.83. The number of nitrogens with zero attached hydrogens (tertiary/aromatic N) is 2. The van der Waals surface area contributed by atoms with Gasteiger partial charge < -0.3 is 10.6 Å². The van der Waals surface area contributed by atoms with Crippen LogP contribution in [0.15, 0.2) is 42.6 Å². The van der Waals surface area contributed by atoms with Gasteiger partial charge in [0.2, 0.25) is 5.91 Å². The van der Waals surface area contributed by atoms with E-state index in [1.54, 1.807) is 29.3 Å².